The third-order valence-corrected chi connectivity index (χ3v) is 9.08. The fourth-order valence-corrected chi connectivity index (χ4v) is 6.52. The van der Waals surface area contributed by atoms with Crippen LogP contribution in [0.3, 0.4) is 0 Å². The molecule has 0 bridgehead atoms. The molecule has 1 saturated heterocycles. The maximum absolute atomic E-state index is 13.6. The van der Waals surface area contributed by atoms with Crippen molar-refractivity contribution in [2.45, 2.75) is 64.5 Å². The second-order valence-electron chi connectivity index (χ2n) is 12.7. The highest BCUT2D eigenvalue weighted by atomic mass is 35.5. The van der Waals surface area contributed by atoms with Crippen LogP contribution in [0, 0.1) is 5.41 Å². The van der Waals surface area contributed by atoms with Crippen molar-refractivity contribution in [1.82, 2.24) is 9.88 Å². The summed E-state index contributed by atoms with van der Waals surface area (Å²) in [5.41, 5.74) is -0.410. The SMILES string of the molecule is COc1cnc(-c2ccc(C(=O)O)cc2Cl)cc1C1=C(CN2C(=O)O[C@H](c3cc(C(F)(F)F)cc(C(F)(F)F)c3)[C@@H]2C)CC(C)(C)CC1. The van der Waals surface area contributed by atoms with E-state index in [0.717, 1.165) is 17.6 Å². The Bertz CT molecular complexity index is 1770. The van der Waals surface area contributed by atoms with Gasteiger partial charge >= 0.3 is 24.4 Å². The second kappa shape index (κ2) is 12.6. The van der Waals surface area contributed by atoms with Crippen LogP contribution >= 0.6 is 11.6 Å². The van der Waals surface area contributed by atoms with Crippen LogP contribution in [0.1, 0.15) is 78.7 Å². The van der Waals surface area contributed by atoms with Crippen LogP contribution in [0.25, 0.3) is 16.8 Å². The molecule has 48 heavy (non-hydrogen) atoms. The molecule has 1 amide bonds. The van der Waals surface area contributed by atoms with E-state index in [9.17, 15) is 41.0 Å². The van der Waals surface area contributed by atoms with Crippen molar-refractivity contribution in [2.75, 3.05) is 13.7 Å². The summed E-state index contributed by atoms with van der Waals surface area (Å²) in [5.74, 6) is -0.722. The Kier molecular flexibility index (Phi) is 9.24. The van der Waals surface area contributed by atoms with E-state index in [-0.39, 0.29) is 28.6 Å². The van der Waals surface area contributed by atoms with Crippen molar-refractivity contribution in [2.24, 2.45) is 5.41 Å². The first-order valence-corrected chi connectivity index (χ1v) is 15.2. The minimum Gasteiger partial charge on any atom is -0.495 e. The van der Waals surface area contributed by atoms with E-state index in [1.165, 1.54) is 37.3 Å². The number of pyridine rings is 1. The monoisotopic (exact) mass is 696 g/mol. The van der Waals surface area contributed by atoms with Gasteiger partial charge in [0, 0.05) is 17.7 Å². The summed E-state index contributed by atoms with van der Waals surface area (Å²) in [7, 11) is 1.47. The zero-order valence-corrected chi connectivity index (χ0v) is 27.0. The molecule has 1 aliphatic carbocycles. The molecular formula is C34H31ClF6N2O5. The topological polar surface area (TPSA) is 89.0 Å². The summed E-state index contributed by atoms with van der Waals surface area (Å²) < 4.78 is 92.6. The van der Waals surface area contributed by atoms with Gasteiger partial charge in [0.2, 0.25) is 0 Å². The van der Waals surface area contributed by atoms with Crippen LogP contribution < -0.4 is 4.74 Å². The van der Waals surface area contributed by atoms with Gasteiger partial charge in [0.15, 0.2) is 0 Å². The minimum absolute atomic E-state index is 0.00155. The van der Waals surface area contributed by atoms with Crippen LogP contribution in [0.2, 0.25) is 5.02 Å². The lowest BCUT2D eigenvalue weighted by Gasteiger charge is -2.36. The predicted molar refractivity (Wildman–Crippen MR) is 165 cm³/mol. The maximum atomic E-state index is 13.6. The number of nitrogens with zero attached hydrogens (tertiary/aromatic N) is 2. The van der Waals surface area contributed by atoms with Crippen molar-refractivity contribution < 1.29 is 50.5 Å². The second-order valence-corrected chi connectivity index (χ2v) is 13.1. The highest BCUT2D eigenvalue weighted by molar-refractivity contribution is 6.33. The van der Waals surface area contributed by atoms with Gasteiger partial charge in [-0.05, 0) is 84.7 Å². The number of methoxy groups -OCH3 is 1. The fourth-order valence-electron chi connectivity index (χ4n) is 6.24. The summed E-state index contributed by atoms with van der Waals surface area (Å²) in [6, 6.07) is 6.31. The Morgan fingerprint density at radius 3 is 2.27 bits per heavy atom. The number of allylic oxidation sites excluding steroid dienone is 1. The van der Waals surface area contributed by atoms with Crippen molar-refractivity contribution in [3.05, 3.63) is 87.1 Å². The van der Waals surface area contributed by atoms with Crippen molar-refractivity contribution in [3.8, 4) is 17.0 Å². The molecule has 1 aromatic heterocycles. The number of hydrogen-bond acceptors (Lipinski definition) is 5. The molecule has 1 aliphatic heterocycles. The molecule has 0 unspecified atom stereocenters. The quantitative estimate of drug-likeness (QED) is 0.248. The van der Waals surface area contributed by atoms with Gasteiger partial charge in [-0.15, -0.1) is 0 Å². The molecule has 14 heteroatoms. The molecule has 5 rings (SSSR count). The Morgan fingerprint density at radius 1 is 1.06 bits per heavy atom. The van der Waals surface area contributed by atoms with Crippen LogP contribution in [-0.2, 0) is 17.1 Å². The molecule has 0 saturated carbocycles. The number of carbonyl (C=O) groups excluding carboxylic acids is 1. The maximum Gasteiger partial charge on any atom is 0.416 e. The largest absolute Gasteiger partial charge is 0.495 e. The van der Waals surface area contributed by atoms with E-state index in [1.807, 2.05) is 0 Å². The Labute approximate surface area is 277 Å². The molecular weight excluding hydrogens is 666 g/mol. The lowest BCUT2D eigenvalue weighted by molar-refractivity contribution is -0.143. The Hall–Kier alpha value is -4.26. The van der Waals surface area contributed by atoms with E-state index >= 15 is 0 Å². The number of cyclic esters (lactones) is 1. The fraction of sp³-hybridized carbons (Fsp3) is 0.382. The number of carbonyl (C=O) groups is 2. The van der Waals surface area contributed by atoms with E-state index in [4.69, 9.17) is 21.1 Å². The van der Waals surface area contributed by atoms with Gasteiger partial charge in [-0.3, -0.25) is 9.88 Å². The number of rotatable bonds is 7. The summed E-state index contributed by atoms with van der Waals surface area (Å²) in [6.07, 6.45) is -9.04. The number of carboxylic acid groups (broad SMARTS) is 1. The standard InChI is InChI=1S/C34H31ClF6N2O5/c1-17-29(19-9-21(33(36,37)38)12-22(10-19)34(39,40)41)48-31(46)43(17)16-20-14-32(2,3)8-7-23(20)25-13-27(42-15-28(25)47-4)24-6-5-18(30(44)45)11-26(24)35/h5-6,9-13,15,17,29H,7-8,14,16H2,1-4H3,(H,44,45)/t17-,29-/m0/s1. The number of amides is 1. The van der Waals surface area contributed by atoms with Crippen molar-refractivity contribution in [1.29, 1.82) is 0 Å². The third-order valence-electron chi connectivity index (χ3n) is 8.77. The normalized spacial score (nSPS) is 19.8. The summed E-state index contributed by atoms with van der Waals surface area (Å²) >= 11 is 6.44. The molecule has 0 radical (unpaired) electrons. The highest BCUT2D eigenvalue weighted by Gasteiger charge is 2.44. The van der Waals surface area contributed by atoms with Crippen LogP contribution in [-0.4, -0.2) is 46.7 Å². The first kappa shape index (κ1) is 35.1. The number of ether oxygens (including phenoxy) is 2. The molecule has 0 spiro atoms. The molecule has 7 nitrogen and oxygen atoms in total. The van der Waals surface area contributed by atoms with E-state index in [1.54, 1.807) is 12.1 Å². The summed E-state index contributed by atoms with van der Waals surface area (Å²) in [4.78, 5) is 30.4. The van der Waals surface area contributed by atoms with E-state index < -0.39 is 53.3 Å². The molecule has 3 aromatic rings. The van der Waals surface area contributed by atoms with E-state index in [0.29, 0.717) is 47.5 Å². The van der Waals surface area contributed by atoms with Gasteiger partial charge in [-0.1, -0.05) is 31.5 Å². The highest BCUT2D eigenvalue weighted by Crippen LogP contribution is 2.47. The number of benzene rings is 2. The van der Waals surface area contributed by atoms with Crippen molar-refractivity contribution in [3.63, 3.8) is 0 Å². The van der Waals surface area contributed by atoms with Crippen molar-refractivity contribution >= 4 is 29.2 Å². The summed E-state index contributed by atoms with van der Waals surface area (Å²) in [5, 5.41) is 9.49. The zero-order valence-electron chi connectivity index (χ0n) is 26.2. The van der Waals surface area contributed by atoms with Gasteiger partial charge < -0.3 is 14.6 Å². The predicted octanol–water partition coefficient (Wildman–Crippen LogP) is 9.69. The lowest BCUT2D eigenvalue weighted by atomic mass is 9.72. The van der Waals surface area contributed by atoms with Crippen LogP contribution in [0.15, 0.2) is 54.2 Å². The third kappa shape index (κ3) is 7.11. The average molecular weight is 697 g/mol. The minimum atomic E-state index is -5.06. The Balaban J connectivity index is 1.55. The Morgan fingerprint density at radius 2 is 1.71 bits per heavy atom. The van der Waals surface area contributed by atoms with E-state index in [2.05, 4.69) is 18.8 Å². The average Bonchev–Trinajstić information content (AvgIpc) is 3.27. The van der Waals surface area contributed by atoms with Crippen LogP contribution in [0.4, 0.5) is 31.1 Å². The smallest absolute Gasteiger partial charge is 0.416 e. The number of aromatic nitrogens is 1. The molecule has 2 atom stereocenters. The number of aromatic carboxylic acids is 1. The molecule has 2 aromatic carbocycles. The number of carboxylic acids is 1. The summed E-state index contributed by atoms with van der Waals surface area (Å²) in [6.45, 7) is 5.62. The van der Waals surface area contributed by atoms with Gasteiger partial charge in [-0.25, -0.2) is 9.59 Å². The first-order chi connectivity index (χ1) is 22.3. The molecule has 1 fully saturated rings. The van der Waals surface area contributed by atoms with Gasteiger partial charge in [0.1, 0.15) is 11.9 Å². The zero-order chi connectivity index (χ0) is 35.3. The number of hydrogen-bond donors (Lipinski definition) is 1. The molecule has 1 N–H and O–H groups in total. The first-order valence-electron chi connectivity index (χ1n) is 14.8. The lowest BCUT2D eigenvalue weighted by Crippen LogP contribution is -2.35. The van der Waals surface area contributed by atoms with Crippen LogP contribution in [0.5, 0.6) is 5.75 Å². The number of halogens is 7. The molecule has 2 heterocycles. The number of alkyl halides is 6. The van der Waals surface area contributed by atoms with Gasteiger partial charge in [0.25, 0.3) is 0 Å². The molecule has 256 valence electrons. The van der Waals surface area contributed by atoms with Gasteiger partial charge in [-0.2, -0.15) is 26.3 Å². The molecule has 2 aliphatic rings. The van der Waals surface area contributed by atoms with Gasteiger partial charge in [0.05, 0.1) is 46.8 Å².